The van der Waals surface area contributed by atoms with E-state index < -0.39 is 12.1 Å². The van der Waals surface area contributed by atoms with Crippen LogP contribution in [0.3, 0.4) is 0 Å². The van der Waals surface area contributed by atoms with Crippen LogP contribution in [0, 0.1) is 5.92 Å². The molecule has 1 aromatic rings. The van der Waals surface area contributed by atoms with E-state index in [-0.39, 0.29) is 5.91 Å². The number of aryl methyl sites for hydroxylation is 1. The Balaban J connectivity index is 1.75. The van der Waals surface area contributed by atoms with Crippen molar-refractivity contribution in [1.29, 1.82) is 0 Å². The Morgan fingerprint density at radius 1 is 1.03 bits per heavy atom. The van der Waals surface area contributed by atoms with E-state index in [0.29, 0.717) is 5.92 Å². The van der Waals surface area contributed by atoms with Crippen LogP contribution >= 0.6 is 0 Å². The number of hydrogen-bond donors (Lipinski definition) is 3. The Bertz CT molecular complexity index is 565. The maximum atomic E-state index is 12.7. The number of amides is 1. The normalized spacial score (nSPS) is 17.1. The molecule has 1 amide bonds. The Hall–Kier alpha value is -1.39. The molecular formula is C25H42N2O2. The van der Waals surface area contributed by atoms with Crippen LogP contribution in [0.5, 0.6) is 0 Å². The van der Waals surface area contributed by atoms with E-state index in [1.54, 1.807) is 6.92 Å². The summed E-state index contributed by atoms with van der Waals surface area (Å²) in [5.74, 6) is 0.471. The zero-order valence-corrected chi connectivity index (χ0v) is 18.6. The number of benzene rings is 1. The SMILES string of the molecule is CCCCCCCCc1ccc(NC(=O)C(NCC2CCCCC2)C(C)O)cc1. The highest BCUT2D eigenvalue weighted by molar-refractivity contribution is 5.95. The first-order valence-corrected chi connectivity index (χ1v) is 11.9. The minimum atomic E-state index is -0.717. The first kappa shape index (κ1) is 23.9. The summed E-state index contributed by atoms with van der Waals surface area (Å²) < 4.78 is 0. The van der Waals surface area contributed by atoms with Gasteiger partial charge < -0.3 is 15.7 Å². The average Bonchev–Trinajstić information content (AvgIpc) is 2.72. The molecule has 0 radical (unpaired) electrons. The molecule has 2 unspecified atom stereocenters. The van der Waals surface area contributed by atoms with Gasteiger partial charge in [-0.2, -0.15) is 0 Å². The number of aliphatic hydroxyl groups excluding tert-OH is 1. The Morgan fingerprint density at radius 3 is 2.34 bits per heavy atom. The number of nitrogens with one attached hydrogen (secondary N) is 2. The number of anilines is 1. The third-order valence-electron chi connectivity index (χ3n) is 6.16. The molecule has 164 valence electrons. The van der Waals surface area contributed by atoms with Crippen molar-refractivity contribution >= 4 is 11.6 Å². The predicted molar refractivity (Wildman–Crippen MR) is 122 cm³/mol. The first-order valence-electron chi connectivity index (χ1n) is 11.9. The average molecular weight is 403 g/mol. The van der Waals surface area contributed by atoms with Gasteiger partial charge in [-0.25, -0.2) is 0 Å². The van der Waals surface area contributed by atoms with Crippen LogP contribution in [-0.4, -0.2) is 29.7 Å². The van der Waals surface area contributed by atoms with Crippen LogP contribution in [0.1, 0.15) is 90.0 Å². The minimum absolute atomic E-state index is 0.153. The van der Waals surface area contributed by atoms with Crippen molar-refractivity contribution in [3.8, 4) is 0 Å². The van der Waals surface area contributed by atoms with E-state index in [1.165, 1.54) is 76.2 Å². The van der Waals surface area contributed by atoms with Crippen molar-refractivity contribution in [3.05, 3.63) is 29.8 Å². The molecule has 29 heavy (non-hydrogen) atoms. The molecule has 2 rings (SSSR count). The van der Waals surface area contributed by atoms with Crippen molar-refractivity contribution in [2.75, 3.05) is 11.9 Å². The molecule has 1 saturated carbocycles. The molecule has 1 fully saturated rings. The summed E-state index contributed by atoms with van der Waals surface area (Å²) in [6.45, 7) is 4.73. The Morgan fingerprint density at radius 2 is 1.69 bits per heavy atom. The molecule has 1 aliphatic rings. The van der Waals surface area contributed by atoms with E-state index in [1.807, 2.05) is 12.1 Å². The highest BCUT2D eigenvalue weighted by Gasteiger charge is 2.25. The summed E-state index contributed by atoms with van der Waals surface area (Å²) >= 11 is 0. The van der Waals surface area contributed by atoms with E-state index in [0.717, 1.165) is 18.7 Å². The zero-order valence-electron chi connectivity index (χ0n) is 18.6. The van der Waals surface area contributed by atoms with Gasteiger partial charge in [0.25, 0.3) is 0 Å². The summed E-state index contributed by atoms with van der Waals surface area (Å²) in [5.41, 5.74) is 2.12. The minimum Gasteiger partial charge on any atom is -0.391 e. The van der Waals surface area contributed by atoms with Gasteiger partial charge in [0.05, 0.1) is 6.10 Å². The van der Waals surface area contributed by atoms with Gasteiger partial charge in [0.2, 0.25) is 5.91 Å². The molecule has 0 bridgehead atoms. The fourth-order valence-corrected chi connectivity index (χ4v) is 4.25. The lowest BCUT2D eigenvalue weighted by Gasteiger charge is -2.26. The maximum absolute atomic E-state index is 12.7. The Labute approximate surface area is 177 Å². The lowest BCUT2D eigenvalue weighted by molar-refractivity contribution is -0.120. The largest absolute Gasteiger partial charge is 0.391 e. The number of hydrogen-bond acceptors (Lipinski definition) is 3. The molecule has 0 aliphatic heterocycles. The molecule has 0 saturated heterocycles. The summed E-state index contributed by atoms with van der Waals surface area (Å²) in [7, 11) is 0. The fourth-order valence-electron chi connectivity index (χ4n) is 4.25. The van der Waals surface area contributed by atoms with E-state index in [9.17, 15) is 9.90 Å². The molecule has 1 aromatic carbocycles. The second-order valence-corrected chi connectivity index (χ2v) is 8.83. The lowest BCUT2D eigenvalue weighted by Crippen LogP contribution is -2.49. The van der Waals surface area contributed by atoms with Crippen LogP contribution in [0.4, 0.5) is 5.69 Å². The van der Waals surface area contributed by atoms with Crippen LogP contribution in [-0.2, 0) is 11.2 Å². The first-order chi connectivity index (χ1) is 14.1. The summed E-state index contributed by atoms with van der Waals surface area (Å²) in [4.78, 5) is 12.7. The van der Waals surface area contributed by atoms with Gasteiger partial charge in [-0.3, -0.25) is 4.79 Å². The number of aliphatic hydroxyl groups is 1. The van der Waals surface area contributed by atoms with Crippen molar-refractivity contribution in [2.45, 2.75) is 103 Å². The van der Waals surface area contributed by atoms with Crippen molar-refractivity contribution in [2.24, 2.45) is 5.92 Å². The fraction of sp³-hybridized carbons (Fsp3) is 0.720. The highest BCUT2D eigenvalue weighted by atomic mass is 16.3. The second kappa shape index (κ2) is 13.8. The molecule has 0 heterocycles. The molecule has 1 aliphatic carbocycles. The molecule has 4 nitrogen and oxygen atoms in total. The van der Waals surface area contributed by atoms with E-state index in [4.69, 9.17) is 0 Å². The quantitative estimate of drug-likeness (QED) is 0.385. The monoisotopic (exact) mass is 402 g/mol. The van der Waals surface area contributed by atoms with Crippen LogP contribution in [0.15, 0.2) is 24.3 Å². The van der Waals surface area contributed by atoms with Gasteiger partial charge in [0, 0.05) is 5.69 Å². The van der Waals surface area contributed by atoms with Crippen molar-refractivity contribution < 1.29 is 9.90 Å². The summed E-state index contributed by atoms with van der Waals surface area (Å²) in [6.07, 6.45) is 14.5. The van der Waals surface area contributed by atoms with Gasteiger partial charge in [0.1, 0.15) is 6.04 Å². The number of carbonyl (C=O) groups excluding carboxylic acids is 1. The van der Waals surface area contributed by atoms with Crippen molar-refractivity contribution in [1.82, 2.24) is 5.32 Å². The molecule has 3 N–H and O–H groups in total. The summed E-state index contributed by atoms with van der Waals surface area (Å²) in [6, 6.07) is 7.60. The van der Waals surface area contributed by atoms with Crippen LogP contribution in [0.2, 0.25) is 0 Å². The zero-order chi connectivity index (χ0) is 20.9. The standard InChI is InChI=1S/C25H42N2O2/c1-3-4-5-6-7-9-12-21-15-17-23(18-16-21)27-25(29)24(20(2)28)26-19-22-13-10-8-11-14-22/h15-18,20,22,24,26,28H,3-14,19H2,1-2H3,(H,27,29). The third kappa shape index (κ3) is 9.31. The molecule has 0 spiro atoms. The molecular weight excluding hydrogens is 360 g/mol. The number of carbonyl (C=O) groups is 1. The van der Waals surface area contributed by atoms with E-state index in [2.05, 4.69) is 29.7 Å². The van der Waals surface area contributed by atoms with Gasteiger partial charge in [-0.15, -0.1) is 0 Å². The summed E-state index contributed by atoms with van der Waals surface area (Å²) in [5, 5.41) is 16.4. The third-order valence-corrected chi connectivity index (χ3v) is 6.16. The van der Waals surface area contributed by atoms with Crippen LogP contribution in [0.25, 0.3) is 0 Å². The number of rotatable bonds is 13. The maximum Gasteiger partial charge on any atom is 0.244 e. The number of unbranched alkanes of at least 4 members (excludes halogenated alkanes) is 5. The Kier molecular flexibility index (Phi) is 11.3. The van der Waals surface area contributed by atoms with Gasteiger partial charge in [-0.1, -0.05) is 70.4 Å². The predicted octanol–water partition coefficient (Wildman–Crippen LogP) is 5.45. The molecule has 0 aromatic heterocycles. The van der Waals surface area contributed by atoms with E-state index >= 15 is 0 Å². The smallest absolute Gasteiger partial charge is 0.244 e. The van der Waals surface area contributed by atoms with Crippen molar-refractivity contribution in [3.63, 3.8) is 0 Å². The topological polar surface area (TPSA) is 61.4 Å². The lowest BCUT2D eigenvalue weighted by atomic mass is 9.89. The second-order valence-electron chi connectivity index (χ2n) is 8.83. The van der Waals surface area contributed by atoms with Gasteiger partial charge in [-0.05, 0) is 62.8 Å². The van der Waals surface area contributed by atoms with Crippen LogP contribution < -0.4 is 10.6 Å². The highest BCUT2D eigenvalue weighted by Crippen LogP contribution is 2.23. The molecule has 2 atom stereocenters. The van der Waals surface area contributed by atoms with Gasteiger partial charge in [0.15, 0.2) is 0 Å². The molecule has 4 heteroatoms. The van der Waals surface area contributed by atoms with Gasteiger partial charge >= 0.3 is 0 Å².